The molecule has 2 aromatic heterocycles. The van der Waals surface area contributed by atoms with Crippen LogP contribution in [0.15, 0.2) is 84.9 Å². The normalized spacial score (nSPS) is 10.7. The number of hydrogen-bond acceptors (Lipinski definition) is 8. The van der Waals surface area contributed by atoms with Gasteiger partial charge in [-0.1, -0.05) is 47.5 Å². The average molecular weight is 636 g/mol. The minimum absolute atomic E-state index is 0.0555. The molecule has 0 unspecified atom stereocenters. The summed E-state index contributed by atoms with van der Waals surface area (Å²) >= 11 is 12.0. The summed E-state index contributed by atoms with van der Waals surface area (Å²) < 4.78 is 38.5. The SMILES string of the molecule is COc1ccc(N(C)c2nnc(Cl)c3c(F)cccc23)cc1.COc1ccc(N(C)c2nnc(Cl)c3cccc(F)c23)cc1. The van der Waals surface area contributed by atoms with Crippen LogP contribution in [-0.2, 0) is 0 Å². The van der Waals surface area contributed by atoms with Gasteiger partial charge in [0.05, 0.1) is 25.0 Å². The Morgan fingerprint density at radius 2 is 1.00 bits per heavy atom. The van der Waals surface area contributed by atoms with E-state index in [9.17, 15) is 8.78 Å². The fourth-order valence-corrected chi connectivity index (χ4v) is 5.00. The maximum absolute atomic E-state index is 14.2. The van der Waals surface area contributed by atoms with E-state index in [1.807, 2.05) is 60.5 Å². The minimum Gasteiger partial charge on any atom is -0.497 e. The summed E-state index contributed by atoms with van der Waals surface area (Å²) in [5, 5.41) is 17.9. The van der Waals surface area contributed by atoms with Gasteiger partial charge in [-0.3, -0.25) is 0 Å². The zero-order valence-electron chi connectivity index (χ0n) is 24.1. The van der Waals surface area contributed by atoms with Gasteiger partial charge in [-0.2, -0.15) is 0 Å². The van der Waals surface area contributed by atoms with E-state index in [0.717, 1.165) is 22.9 Å². The summed E-state index contributed by atoms with van der Waals surface area (Å²) in [6.07, 6.45) is 0. The number of methoxy groups -OCH3 is 2. The zero-order chi connectivity index (χ0) is 31.4. The third-order valence-corrected chi connectivity index (χ3v) is 7.48. The number of halogens is 4. The molecule has 0 N–H and O–H groups in total. The van der Waals surface area contributed by atoms with Crippen molar-refractivity contribution < 1.29 is 18.3 Å². The lowest BCUT2D eigenvalue weighted by Gasteiger charge is -2.20. The fraction of sp³-hybridized carbons (Fsp3) is 0.125. The molecule has 224 valence electrons. The first-order valence-corrected chi connectivity index (χ1v) is 14.0. The minimum atomic E-state index is -0.415. The molecule has 0 amide bonds. The number of ether oxygens (including phenoxy) is 2. The first-order chi connectivity index (χ1) is 21.2. The van der Waals surface area contributed by atoms with Gasteiger partial charge in [0, 0.05) is 36.2 Å². The van der Waals surface area contributed by atoms with Crippen molar-refractivity contribution in [2.24, 2.45) is 0 Å². The van der Waals surface area contributed by atoms with E-state index in [1.54, 1.807) is 50.4 Å². The van der Waals surface area contributed by atoms with Crippen LogP contribution in [0.2, 0.25) is 10.3 Å². The van der Waals surface area contributed by atoms with Crippen LogP contribution in [0.25, 0.3) is 21.5 Å². The van der Waals surface area contributed by atoms with Crippen LogP contribution in [0.4, 0.5) is 31.8 Å². The van der Waals surface area contributed by atoms with Gasteiger partial charge in [0.1, 0.15) is 23.1 Å². The molecule has 0 aliphatic heterocycles. The largest absolute Gasteiger partial charge is 0.497 e. The molecule has 2 heterocycles. The Morgan fingerprint density at radius 1 is 0.545 bits per heavy atom. The molecule has 0 bridgehead atoms. The van der Waals surface area contributed by atoms with Crippen molar-refractivity contribution in [3.8, 4) is 11.5 Å². The van der Waals surface area contributed by atoms with Crippen molar-refractivity contribution in [3.63, 3.8) is 0 Å². The monoisotopic (exact) mass is 634 g/mol. The van der Waals surface area contributed by atoms with Gasteiger partial charge in [-0.05, 0) is 60.7 Å². The number of aromatic nitrogens is 4. The molecule has 0 fully saturated rings. The smallest absolute Gasteiger partial charge is 0.166 e. The van der Waals surface area contributed by atoms with Gasteiger partial charge in [-0.25, -0.2) is 8.78 Å². The standard InChI is InChI=1S/2C16H13ClFN3O/c1-21(10-6-8-11(22-2)9-7-10)16-12-4-3-5-13(18)14(12)15(17)19-20-16;1-21(10-6-8-11(22-2)9-7-10)16-14-12(15(17)19-20-16)4-3-5-13(14)18/h2*3-9H,1-2H3. The number of rotatable bonds is 6. The van der Waals surface area contributed by atoms with Crippen molar-refractivity contribution in [1.29, 1.82) is 0 Å². The fourth-order valence-electron chi connectivity index (χ4n) is 4.57. The van der Waals surface area contributed by atoms with Gasteiger partial charge in [0.2, 0.25) is 0 Å². The molecule has 0 radical (unpaired) electrons. The lowest BCUT2D eigenvalue weighted by molar-refractivity contribution is 0.414. The molecule has 0 atom stereocenters. The van der Waals surface area contributed by atoms with E-state index in [2.05, 4.69) is 20.4 Å². The van der Waals surface area contributed by atoms with Crippen molar-refractivity contribution in [2.45, 2.75) is 0 Å². The van der Waals surface area contributed by atoms with Crippen molar-refractivity contribution in [2.75, 3.05) is 38.1 Å². The Bertz CT molecular complexity index is 1920. The van der Waals surface area contributed by atoms with Crippen LogP contribution in [0, 0.1) is 11.6 Å². The van der Waals surface area contributed by atoms with E-state index < -0.39 is 5.82 Å². The first-order valence-electron chi connectivity index (χ1n) is 13.2. The molecule has 12 heteroatoms. The van der Waals surface area contributed by atoms with Crippen LogP contribution >= 0.6 is 23.2 Å². The van der Waals surface area contributed by atoms with Crippen molar-refractivity contribution >= 4 is 67.8 Å². The number of nitrogens with zero attached hydrogens (tertiary/aromatic N) is 6. The van der Waals surface area contributed by atoms with Crippen LogP contribution in [-0.4, -0.2) is 48.7 Å². The molecule has 0 saturated heterocycles. The van der Waals surface area contributed by atoms with Crippen LogP contribution in [0.1, 0.15) is 0 Å². The Balaban J connectivity index is 0.000000175. The van der Waals surface area contributed by atoms with Crippen molar-refractivity contribution in [1.82, 2.24) is 20.4 Å². The van der Waals surface area contributed by atoms with E-state index in [0.29, 0.717) is 27.8 Å². The number of hydrogen-bond donors (Lipinski definition) is 0. The van der Waals surface area contributed by atoms with Gasteiger partial charge >= 0.3 is 0 Å². The number of benzene rings is 4. The summed E-state index contributed by atoms with van der Waals surface area (Å²) in [4.78, 5) is 3.58. The molecule has 6 aromatic rings. The molecule has 4 aromatic carbocycles. The quantitative estimate of drug-likeness (QED) is 0.181. The van der Waals surface area contributed by atoms with Crippen LogP contribution < -0.4 is 19.3 Å². The average Bonchev–Trinajstić information content (AvgIpc) is 3.05. The maximum Gasteiger partial charge on any atom is 0.166 e. The first kappa shape index (κ1) is 30.7. The molecule has 44 heavy (non-hydrogen) atoms. The molecule has 0 saturated carbocycles. The van der Waals surface area contributed by atoms with E-state index in [1.165, 1.54) is 12.1 Å². The van der Waals surface area contributed by atoms with E-state index >= 15 is 0 Å². The Morgan fingerprint density at radius 3 is 1.55 bits per heavy atom. The summed E-state index contributed by atoms with van der Waals surface area (Å²) in [6.45, 7) is 0. The Labute approximate surface area is 262 Å². The van der Waals surface area contributed by atoms with Gasteiger partial charge in [-0.15, -0.1) is 20.4 Å². The van der Waals surface area contributed by atoms with Gasteiger partial charge in [0.15, 0.2) is 21.9 Å². The molecule has 8 nitrogen and oxygen atoms in total. The third-order valence-electron chi connectivity index (χ3n) is 6.94. The maximum atomic E-state index is 14.2. The number of anilines is 4. The van der Waals surface area contributed by atoms with Crippen LogP contribution in [0.5, 0.6) is 11.5 Å². The van der Waals surface area contributed by atoms with Crippen molar-refractivity contribution in [3.05, 3.63) is 107 Å². The van der Waals surface area contributed by atoms with Gasteiger partial charge < -0.3 is 19.3 Å². The lowest BCUT2D eigenvalue weighted by atomic mass is 10.1. The second kappa shape index (κ2) is 13.2. The van der Waals surface area contributed by atoms with E-state index in [-0.39, 0.29) is 21.5 Å². The zero-order valence-corrected chi connectivity index (χ0v) is 25.6. The highest BCUT2D eigenvalue weighted by Crippen LogP contribution is 2.35. The van der Waals surface area contributed by atoms with Gasteiger partial charge in [0.25, 0.3) is 0 Å². The second-order valence-electron chi connectivity index (χ2n) is 9.47. The summed E-state index contributed by atoms with van der Waals surface area (Å²) in [6, 6.07) is 24.3. The summed E-state index contributed by atoms with van der Waals surface area (Å²) in [5.74, 6) is 1.64. The highest BCUT2D eigenvalue weighted by Gasteiger charge is 2.17. The predicted octanol–water partition coefficient (Wildman–Crippen LogP) is 8.40. The predicted molar refractivity (Wildman–Crippen MR) is 171 cm³/mol. The van der Waals surface area contributed by atoms with E-state index in [4.69, 9.17) is 32.7 Å². The molecular weight excluding hydrogens is 609 g/mol. The highest BCUT2D eigenvalue weighted by molar-refractivity contribution is 6.35. The molecule has 0 aliphatic carbocycles. The molecule has 0 aliphatic rings. The highest BCUT2D eigenvalue weighted by atomic mass is 35.5. The molecule has 6 rings (SSSR count). The van der Waals surface area contributed by atoms with Crippen LogP contribution in [0.3, 0.4) is 0 Å². The third kappa shape index (κ3) is 6.13. The topological polar surface area (TPSA) is 76.5 Å². The Kier molecular flexibility index (Phi) is 9.22. The second-order valence-corrected chi connectivity index (χ2v) is 10.2. The molecule has 0 spiro atoms. The Hall–Kier alpha value is -4.80. The number of fused-ring (bicyclic) bond motifs is 2. The molecular formula is C32H26Cl2F2N6O2. The lowest BCUT2D eigenvalue weighted by Crippen LogP contribution is -2.13. The summed E-state index contributed by atoms with van der Waals surface area (Å²) in [7, 11) is 6.85. The summed E-state index contributed by atoms with van der Waals surface area (Å²) in [5.41, 5.74) is 1.71.